The van der Waals surface area contributed by atoms with Crippen molar-refractivity contribution >= 4 is 5.69 Å². The molecule has 0 heterocycles. The zero-order chi connectivity index (χ0) is 14.8. The number of hydrogen-bond acceptors (Lipinski definition) is 3. The Kier molecular flexibility index (Phi) is 4.15. The summed E-state index contributed by atoms with van der Waals surface area (Å²) in [7, 11) is 3.63. The zero-order valence-electron chi connectivity index (χ0n) is 13.0. The molecule has 0 fully saturated rings. The van der Waals surface area contributed by atoms with Gasteiger partial charge < -0.3 is 9.64 Å². The highest BCUT2D eigenvalue weighted by Gasteiger charge is 2.26. The fourth-order valence-corrected chi connectivity index (χ4v) is 1.89. The van der Waals surface area contributed by atoms with Crippen LogP contribution in [0.1, 0.15) is 40.2 Å². The van der Waals surface area contributed by atoms with Crippen LogP contribution in [0, 0.1) is 11.3 Å². The normalized spacial score (nSPS) is 11.9. The summed E-state index contributed by atoms with van der Waals surface area (Å²) in [6.07, 6.45) is 0. The van der Waals surface area contributed by atoms with Gasteiger partial charge in [0.1, 0.15) is 11.3 Å². The number of anilines is 1. The standard InChI is InChI=1S/C16H24N2O/c1-15(2,3)13-10-12(8-9-14(13)19-7)18(6)16(4,5)11-17/h8-10H,1-7H3. The quantitative estimate of drug-likeness (QED) is 0.830. The molecule has 0 aromatic heterocycles. The summed E-state index contributed by atoms with van der Waals surface area (Å²) in [4.78, 5) is 1.99. The highest BCUT2D eigenvalue weighted by molar-refractivity contribution is 5.57. The Labute approximate surface area is 116 Å². The largest absolute Gasteiger partial charge is 0.496 e. The number of nitriles is 1. The van der Waals surface area contributed by atoms with Crippen LogP contribution >= 0.6 is 0 Å². The Balaban J connectivity index is 3.31. The summed E-state index contributed by atoms with van der Waals surface area (Å²) in [6, 6.07) is 8.40. The number of benzene rings is 1. The fourth-order valence-electron chi connectivity index (χ4n) is 1.89. The van der Waals surface area contributed by atoms with E-state index in [1.165, 1.54) is 0 Å². The van der Waals surface area contributed by atoms with Crippen LogP contribution in [-0.4, -0.2) is 19.7 Å². The van der Waals surface area contributed by atoms with Crippen molar-refractivity contribution in [3.05, 3.63) is 23.8 Å². The number of hydrogen-bond donors (Lipinski definition) is 0. The average molecular weight is 260 g/mol. The molecule has 0 saturated heterocycles. The van der Waals surface area contributed by atoms with E-state index in [2.05, 4.69) is 32.9 Å². The molecule has 0 aliphatic carbocycles. The summed E-state index contributed by atoms with van der Waals surface area (Å²) in [6.45, 7) is 10.3. The Morgan fingerprint density at radius 2 is 1.74 bits per heavy atom. The Morgan fingerprint density at radius 3 is 2.16 bits per heavy atom. The van der Waals surface area contributed by atoms with Gasteiger partial charge in [0.05, 0.1) is 13.2 Å². The molecule has 0 saturated carbocycles. The molecule has 0 spiro atoms. The Morgan fingerprint density at radius 1 is 1.16 bits per heavy atom. The van der Waals surface area contributed by atoms with Crippen molar-refractivity contribution in [1.82, 2.24) is 0 Å². The third-order valence-corrected chi connectivity index (χ3v) is 3.49. The SMILES string of the molecule is COc1ccc(N(C)C(C)(C)C#N)cc1C(C)(C)C. The van der Waals surface area contributed by atoms with Crippen molar-refractivity contribution in [3.8, 4) is 11.8 Å². The van der Waals surface area contributed by atoms with Crippen LogP contribution in [0.4, 0.5) is 5.69 Å². The van der Waals surface area contributed by atoms with Gasteiger partial charge in [0, 0.05) is 18.3 Å². The van der Waals surface area contributed by atoms with Crippen molar-refractivity contribution in [2.75, 3.05) is 19.1 Å². The maximum Gasteiger partial charge on any atom is 0.122 e. The van der Waals surface area contributed by atoms with E-state index in [9.17, 15) is 5.26 Å². The van der Waals surface area contributed by atoms with Gasteiger partial charge in [-0.15, -0.1) is 0 Å². The molecule has 3 heteroatoms. The number of methoxy groups -OCH3 is 1. The molecule has 0 N–H and O–H groups in total. The van der Waals surface area contributed by atoms with E-state index in [4.69, 9.17) is 4.74 Å². The maximum absolute atomic E-state index is 9.24. The highest BCUT2D eigenvalue weighted by atomic mass is 16.5. The lowest BCUT2D eigenvalue weighted by Gasteiger charge is -2.33. The van der Waals surface area contributed by atoms with Gasteiger partial charge in [-0.1, -0.05) is 20.8 Å². The van der Waals surface area contributed by atoms with Gasteiger partial charge in [-0.25, -0.2) is 0 Å². The number of rotatable bonds is 3. The fraction of sp³-hybridized carbons (Fsp3) is 0.562. The molecule has 0 aliphatic heterocycles. The lowest BCUT2D eigenvalue weighted by atomic mass is 9.85. The van der Waals surface area contributed by atoms with Gasteiger partial charge in [-0.05, 0) is 37.5 Å². The minimum atomic E-state index is -0.538. The summed E-state index contributed by atoms with van der Waals surface area (Å²) < 4.78 is 5.43. The van der Waals surface area contributed by atoms with Crippen molar-refractivity contribution in [1.29, 1.82) is 5.26 Å². The Hall–Kier alpha value is -1.69. The molecule has 0 amide bonds. The van der Waals surface area contributed by atoms with Crippen molar-refractivity contribution < 1.29 is 4.74 Å². The molecular weight excluding hydrogens is 236 g/mol. The molecule has 1 aromatic carbocycles. The molecule has 0 unspecified atom stereocenters. The van der Waals surface area contributed by atoms with Gasteiger partial charge in [0.15, 0.2) is 0 Å². The van der Waals surface area contributed by atoms with E-state index in [-0.39, 0.29) is 5.41 Å². The van der Waals surface area contributed by atoms with Gasteiger partial charge in [0.2, 0.25) is 0 Å². The van der Waals surface area contributed by atoms with E-state index in [0.29, 0.717) is 0 Å². The predicted octanol–water partition coefficient (Wildman–Crippen LogP) is 3.73. The first-order chi connectivity index (χ1) is 8.63. The molecule has 0 aliphatic rings. The second kappa shape index (κ2) is 5.13. The van der Waals surface area contributed by atoms with Crippen LogP contribution in [0.5, 0.6) is 5.75 Å². The molecule has 1 rings (SSSR count). The highest BCUT2D eigenvalue weighted by Crippen LogP contribution is 2.35. The third-order valence-electron chi connectivity index (χ3n) is 3.49. The summed E-state index contributed by atoms with van der Waals surface area (Å²) in [5.74, 6) is 0.888. The average Bonchev–Trinajstić information content (AvgIpc) is 2.36. The van der Waals surface area contributed by atoms with Gasteiger partial charge in [0.25, 0.3) is 0 Å². The second-order valence-electron chi connectivity index (χ2n) is 6.36. The van der Waals surface area contributed by atoms with Crippen molar-refractivity contribution in [2.45, 2.75) is 45.6 Å². The molecule has 0 radical (unpaired) electrons. The number of ether oxygens (including phenoxy) is 1. The van der Waals surface area contributed by atoms with Crippen LogP contribution in [0.3, 0.4) is 0 Å². The van der Waals surface area contributed by atoms with Crippen molar-refractivity contribution in [3.63, 3.8) is 0 Å². The van der Waals surface area contributed by atoms with E-state index in [1.807, 2.05) is 37.9 Å². The Bertz CT molecular complexity index is 492. The van der Waals surface area contributed by atoms with Crippen LogP contribution < -0.4 is 9.64 Å². The van der Waals surface area contributed by atoms with Gasteiger partial charge in [-0.2, -0.15) is 5.26 Å². The minimum absolute atomic E-state index is 0.00101. The molecule has 104 valence electrons. The summed E-state index contributed by atoms with van der Waals surface area (Å²) in [5.41, 5.74) is 1.63. The van der Waals surface area contributed by atoms with Gasteiger partial charge in [-0.3, -0.25) is 0 Å². The van der Waals surface area contributed by atoms with Crippen LogP contribution in [0.2, 0.25) is 0 Å². The van der Waals surface area contributed by atoms with E-state index in [0.717, 1.165) is 17.0 Å². The molecule has 0 atom stereocenters. The van der Waals surface area contributed by atoms with Crippen LogP contribution in [-0.2, 0) is 5.41 Å². The molecule has 19 heavy (non-hydrogen) atoms. The molecule has 1 aromatic rings. The molecule has 0 bridgehead atoms. The first-order valence-electron chi connectivity index (χ1n) is 6.47. The van der Waals surface area contributed by atoms with Crippen LogP contribution in [0.15, 0.2) is 18.2 Å². The monoisotopic (exact) mass is 260 g/mol. The minimum Gasteiger partial charge on any atom is -0.496 e. The molecule has 3 nitrogen and oxygen atoms in total. The predicted molar refractivity (Wildman–Crippen MR) is 79.8 cm³/mol. The van der Waals surface area contributed by atoms with Gasteiger partial charge >= 0.3 is 0 Å². The number of nitrogens with zero attached hydrogens (tertiary/aromatic N) is 2. The summed E-state index contributed by atoms with van der Waals surface area (Å²) >= 11 is 0. The van der Waals surface area contributed by atoms with E-state index in [1.54, 1.807) is 7.11 Å². The lowest BCUT2D eigenvalue weighted by Crippen LogP contribution is -2.39. The second-order valence-corrected chi connectivity index (χ2v) is 6.36. The summed E-state index contributed by atoms with van der Waals surface area (Å²) in [5, 5.41) is 9.24. The van der Waals surface area contributed by atoms with Crippen LogP contribution in [0.25, 0.3) is 0 Å². The third kappa shape index (κ3) is 3.20. The lowest BCUT2D eigenvalue weighted by molar-refractivity contribution is 0.397. The first-order valence-corrected chi connectivity index (χ1v) is 6.47. The zero-order valence-corrected chi connectivity index (χ0v) is 13.0. The molecular formula is C16H24N2O. The van der Waals surface area contributed by atoms with Crippen molar-refractivity contribution in [2.24, 2.45) is 0 Å². The first kappa shape index (κ1) is 15.4. The maximum atomic E-state index is 9.24. The van der Waals surface area contributed by atoms with E-state index < -0.39 is 5.54 Å². The smallest absolute Gasteiger partial charge is 0.122 e. The van der Waals surface area contributed by atoms with E-state index >= 15 is 0 Å². The topological polar surface area (TPSA) is 36.3 Å².